The van der Waals surface area contributed by atoms with Crippen LogP contribution in [0.1, 0.15) is 46.9 Å². The molecule has 3 rings (SSSR count). The van der Waals surface area contributed by atoms with Crippen LogP contribution in [0.15, 0.2) is 28.6 Å². The summed E-state index contributed by atoms with van der Waals surface area (Å²) in [7, 11) is 0. The van der Waals surface area contributed by atoms with Crippen LogP contribution in [0, 0.1) is 20.8 Å². The van der Waals surface area contributed by atoms with Gasteiger partial charge in [0.25, 0.3) is 5.56 Å². The van der Waals surface area contributed by atoms with Gasteiger partial charge >= 0.3 is 5.97 Å². The molecular formula is C21H23N3O4S. The van der Waals surface area contributed by atoms with Crippen LogP contribution in [0.25, 0.3) is 10.2 Å². The summed E-state index contributed by atoms with van der Waals surface area (Å²) in [6.45, 7) is 9.38. The van der Waals surface area contributed by atoms with Crippen molar-refractivity contribution in [2.24, 2.45) is 0 Å². The molecule has 2 aromatic heterocycles. The Labute approximate surface area is 172 Å². The smallest absolute Gasteiger partial charge is 0.339 e. The molecule has 29 heavy (non-hydrogen) atoms. The van der Waals surface area contributed by atoms with Crippen molar-refractivity contribution < 1.29 is 14.3 Å². The second-order valence-electron chi connectivity index (χ2n) is 6.95. The van der Waals surface area contributed by atoms with Crippen LogP contribution < -0.4 is 10.9 Å². The van der Waals surface area contributed by atoms with Crippen LogP contribution in [0.5, 0.6) is 0 Å². The number of ether oxygens (including phenoxy) is 1. The van der Waals surface area contributed by atoms with Gasteiger partial charge in [0.2, 0.25) is 5.91 Å². The summed E-state index contributed by atoms with van der Waals surface area (Å²) in [6, 6.07) is 3.17. The van der Waals surface area contributed by atoms with Gasteiger partial charge in [0.15, 0.2) is 0 Å². The first kappa shape index (κ1) is 20.7. The van der Waals surface area contributed by atoms with E-state index in [0.717, 1.165) is 22.4 Å². The number of aryl methyl sites for hydroxylation is 3. The Balaban J connectivity index is 1.97. The molecule has 8 heteroatoms. The molecule has 152 valence electrons. The van der Waals surface area contributed by atoms with Crippen molar-refractivity contribution in [3.63, 3.8) is 0 Å². The van der Waals surface area contributed by atoms with Gasteiger partial charge in [-0.25, -0.2) is 9.78 Å². The molecule has 1 aromatic carbocycles. The summed E-state index contributed by atoms with van der Waals surface area (Å²) in [4.78, 5) is 42.8. The summed E-state index contributed by atoms with van der Waals surface area (Å²) < 4.78 is 6.27. The number of rotatable bonds is 5. The van der Waals surface area contributed by atoms with Crippen LogP contribution in [-0.2, 0) is 9.53 Å². The minimum Gasteiger partial charge on any atom is -0.462 e. The van der Waals surface area contributed by atoms with E-state index < -0.39 is 17.6 Å². The van der Waals surface area contributed by atoms with E-state index in [9.17, 15) is 14.4 Å². The molecule has 1 N–H and O–H groups in total. The molecule has 0 bridgehead atoms. The summed E-state index contributed by atoms with van der Waals surface area (Å²) >= 11 is 1.19. The Bertz CT molecular complexity index is 1140. The highest BCUT2D eigenvalue weighted by molar-refractivity contribution is 7.17. The standard InChI is InChI=1S/C21H23N3O4S/c1-6-28-21(27)15-9-29-19-16(15)20(26)24(10-22-19)14(5)18(25)23-17-12(3)7-11(2)8-13(17)4/h7-10,14H,6H2,1-5H3,(H,23,25). The van der Waals surface area contributed by atoms with Gasteiger partial charge in [0, 0.05) is 11.1 Å². The first-order chi connectivity index (χ1) is 13.7. The summed E-state index contributed by atoms with van der Waals surface area (Å²) in [5, 5.41) is 4.65. The van der Waals surface area contributed by atoms with E-state index in [1.165, 1.54) is 22.2 Å². The lowest BCUT2D eigenvalue weighted by molar-refractivity contribution is -0.118. The number of fused-ring (bicyclic) bond motifs is 1. The molecule has 2 heterocycles. The molecule has 3 aromatic rings. The minimum atomic E-state index is -0.811. The van der Waals surface area contributed by atoms with E-state index in [-0.39, 0.29) is 23.5 Å². The van der Waals surface area contributed by atoms with E-state index in [0.29, 0.717) is 4.83 Å². The topological polar surface area (TPSA) is 90.3 Å². The second kappa shape index (κ2) is 8.16. The fourth-order valence-electron chi connectivity index (χ4n) is 3.31. The van der Waals surface area contributed by atoms with Gasteiger partial charge in [-0.1, -0.05) is 17.7 Å². The van der Waals surface area contributed by atoms with Gasteiger partial charge in [0.1, 0.15) is 10.9 Å². The lowest BCUT2D eigenvalue weighted by Gasteiger charge is -2.18. The third kappa shape index (κ3) is 3.93. The number of hydrogen-bond donors (Lipinski definition) is 1. The van der Waals surface area contributed by atoms with E-state index in [1.54, 1.807) is 19.2 Å². The van der Waals surface area contributed by atoms with Crippen molar-refractivity contribution in [3.8, 4) is 0 Å². The number of hydrogen-bond acceptors (Lipinski definition) is 6. The number of amides is 1. The maximum Gasteiger partial charge on any atom is 0.339 e. The number of benzene rings is 1. The second-order valence-corrected chi connectivity index (χ2v) is 7.80. The molecule has 0 aliphatic rings. The number of carbonyl (C=O) groups is 2. The minimum absolute atomic E-state index is 0.177. The monoisotopic (exact) mass is 413 g/mol. The van der Waals surface area contributed by atoms with Crippen molar-refractivity contribution in [1.82, 2.24) is 9.55 Å². The van der Waals surface area contributed by atoms with Gasteiger partial charge < -0.3 is 10.1 Å². The lowest BCUT2D eigenvalue weighted by atomic mass is 10.0. The maximum atomic E-state index is 13.0. The van der Waals surface area contributed by atoms with Crippen molar-refractivity contribution in [1.29, 1.82) is 0 Å². The molecule has 0 aliphatic carbocycles. The fraction of sp³-hybridized carbons (Fsp3) is 0.333. The molecule has 7 nitrogen and oxygen atoms in total. The van der Waals surface area contributed by atoms with Gasteiger partial charge in [-0.2, -0.15) is 0 Å². The van der Waals surface area contributed by atoms with Crippen LogP contribution >= 0.6 is 11.3 Å². The largest absolute Gasteiger partial charge is 0.462 e. The van der Waals surface area contributed by atoms with E-state index in [4.69, 9.17) is 4.74 Å². The van der Waals surface area contributed by atoms with Gasteiger partial charge in [-0.15, -0.1) is 11.3 Å². The van der Waals surface area contributed by atoms with E-state index >= 15 is 0 Å². The molecular weight excluding hydrogens is 390 g/mol. The van der Waals surface area contributed by atoms with Crippen LogP contribution in [0.2, 0.25) is 0 Å². The quantitative estimate of drug-likeness (QED) is 0.643. The van der Waals surface area contributed by atoms with Crippen LogP contribution in [-0.4, -0.2) is 28.0 Å². The Morgan fingerprint density at radius 3 is 2.52 bits per heavy atom. The Morgan fingerprint density at radius 1 is 1.24 bits per heavy atom. The summed E-state index contributed by atoms with van der Waals surface area (Å²) in [5.74, 6) is -0.908. The molecule has 1 atom stereocenters. The molecule has 0 saturated carbocycles. The molecule has 0 fully saturated rings. The van der Waals surface area contributed by atoms with Gasteiger partial charge in [0.05, 0.1) is 23.9 Å². The molecule has 0 aliphatic heterocycles. The van der Waals surface area contributed by atoms with Crippen molar-refractivity contribution in [3.05, 3.63) is 56.4 Å². The molecule has 1 amide bonds. The number of nitrogens with one attached hydrogen (secondary N) is 1. The summed E-state index contributed by atoms with van der Waals surface area (Å²) in [5.41, 5.74) is 3.48. The zero-order valence-electron chi connectivity index (χ0n) is 17.0. The molecule has 1 unspecified atom stereocenters. The number of aromatic nitrogens is 2. The Morgan fingerprint density at radius 2 is 1.90 bits per heavy atom. The fourth-order valence-corrected chi connectivity index (χ4v) is 4.18. The number of anilines is 1. The van der Waals surface area contributed by atoms with Crippen molar-refractivity contribution >= 4 is 39.1 Å². The number of thiophene rings is 1. The van der Waals surface area contributed by atoms with Crippen LogP contribution in [0.4, 0.5) is 5.69 Å². The third-order valence-corrected chi connectivity index (χ3v) is 5.62. The number of carbonyl (C=O) groups excluding carboxylic acids is 2. The highest BCUT2D eigenvalue weighted by Gasteiger charge is 2.23. The van der Waals surface area contributed by atoms with E-state index in [1.807, 2.05) is 32.9 Å². The van der Waals surface area contributed by atoms with Gasteiger partial charge in [-0.3, -0.25) is 14.2 Å². The SMILES string of the molecule is CCOC(=O)c1csc2ncn(C(C)C(=O)Nc3c(C)cc(C)cc3C)c(=O)c12. The predicted molar refractivity (Wildman–Crippen MR) is 114 cm³/mol. The van der Waals surface area contributed by atoms with Gasteiger partial charge in [-0.05, 0) is 45.7 Å². The lowest BCUT2D eigenvalue weighted by Crippen LogP contribution is -2.32. The van der Waals surface area contributed by atoms with Crippen LogP contribution in [0.3, 0.4) is 0 Å². The third-order valence-electron chi connectivity index (χ3n) is 4.74. The molecule has 0 radical (unpaired) electrons. The Kier molecular flexibility index (Phi) is 5.83. The normalized spacial score (nSPS) is 12.0. The van der Waals surface area contributed by atoms with E-state index in [2.05, 4.69) is 10.3 Å². The average Bonchev–Trinajstić information content (AvgIpc) is 3.09. The Hall–Kier alpha value is -3.00. The first-order valence-electron chi connectivity index (χ1n) is 9.28. The highest BCUT2D eigenvalue weighted by atomic mass is 32.1. The first-order valence-corrected chi connectivity index (χ1v) is 10.2. The zero-order chi connectivity index (χ0) is 21.3. The van der Waals surface area contributed by atoms with Crippen molar-refractivity contribution in [2.75, 3.05) is 11.9 Å². The zero-order valence-corrected chi connectivity index (χ0v) is 17.8. The van der Waals surface area contributed by atoms with Crippen molar-refractivity contribution in [2.45, 2.75) is 40.7 Å². The number of nitrogens with zero attached hydrogens (tertiary/aromatic N) is 2. The molecule has 0 spiro atoms. The highest BCUT2D eigenvalue weighted by Crippen LogP contribution is 2.24. The number of esters is 1. The maximum absolute atomic E-state index is 13.0. The summed E-state index contributed by atoms with van der Waals surface area (Å²) in [6.07, 6.45) is 1.34. The average molecular weight is 413 g/mol. The molecule has 0 saturated heterocycles. The predicted octanol–water partition coefficient (Wildman–Crippen LogP) is 3.76.